The Morgan fingerprint density at radius 2 is 2.00 bits per heavy atom. The number of nitriles is 1. The summed E-state index contributed by atoms with van der Waals surface area (Å²) in [5.74, 6) is 0.610. The van der Waals surface area contributed by atoms with Gasteiger partial charge < -0.3 is 14.8 Å². The van der Waals surface area contributed by atoms with Crippen LogP contribution in [0.15, 0.2) is 48.5 Å². The van der Waals surface area contributed by atoms with Gasteiger partial charge in [0.2, 0.25) is 0 Å². The van der Waals surface area contributed by atoms with Crippen LogP contribution in [0.25, 0.3) is 0 Å². The summed E-state index contributed by atoms with van der Waals surface area (Å²) in [5, 5.41) is 12.1. The second-order valence-corrected chi connectivity index (χ2v) is 7.11. The maximum Gasteiger partial charge on any atom is 0.123 e. The predicted molar refractivity (Wildman–Crippen MR) is 110 cm³/mol. The number of nitrogens with zero attached hydrogens (tertiary/aromatic N) is 2. The highest BCUT2D eigenvalue weighted by molar-refractivity contribution is 5.28. The van der Waals surface area contributed by atoms with Crippen molar-refractivity contribution in [3.05, 3.63) is 65.5 Å². The molecule has 1 unspecified atom stereocenters. The minimum atomic E-state index is -0.206. The molecule has 0 spiro atoms. The first-order chi connectivity index (χ1) is 14.3. The van der Waals surface area contributed by atoms with Crippen LogP contribution < -0.4 is 10.1 Å². The van der Waals surface area contributed by atoms with Crippen molar-refractivity contribution in [2.45, 2.75) is 25.4 Å². The van der Waals surface area contributed by atoms with Gasteiger partial charge in [0.15, 0.2) is 0 Å². The third-order valence-corrected chi connectivity index (χ3v) is 4.99. The highest BCUT2D eigenvalue weighted by Gasteiger charge is 2.22. The Morgan fingerprint density at radius 3 is 2.79 bits per heavy atom. The molecular weight excluding hydrogens is 369 g/mol. The van der Waals surface area contributed by atoms with Crippen LogP contribution in [0.5, 0.6) is 5.75 Å². The van der Waals surface area contributed by atoms with Gasteiger partial charge in [-0.25, -0.2) is 4.39 Å². The Kier molecular flexibility index (Phi) is 8.44. The fourth-order valence-electron chi connectivity index (χ4n) is 3.50. The Labute approximate surface area is 172 Å². The second-order valence-electron chi connectivity index (χ2n) is 7.11. The van der Waals surface area contributed by atoms with Gasteiger partial charge in [-0.1, -0.05) is 24.3 Å². The van der Waals surface area contributed by atoms with Gasteiger partial charge >= 0.3 is 0 Å². The molecule has 2 aromatic rings. The van der Waals surface area contributed by atoms with Crippen LogP contribution in [0.4, 0.5) is 4.39 Å². The molecule has 0 amide bonds. The van der Waals surface area contributed by atoms with Crippen LogP contribution in [0.2, 0.25) is 0 Å². The van der Waals surface area contributed by atoms with E-state index >= 15 is 0 Å². The smallest absolute Gasteiger partial charge is 0.123 e. The van der Waals surface area contributed by atoms with E-state index in [9.17, 15) is 4.39 Å². The molecule has 1 N–H and O–H groups in total. The van der Waals surface area contributed by atoms with Gasteiger partial charge in [0, 0.05) is 38.6 Å². The van der Waals surface area contributed by atoms with Crippen molar-refractivity contribution >= 4 is 0 Å². The van der Waals surface area contributed by atoms with E-state index in [2.05, 4.69) is 22.4 Å². The standard InChI is InChI=1S/C23H28FN3O2/c24-21-7-4-6-20(16-21)23(27-10-13-28-14-11-27)18-26-17-19-5-3-8-22(15-19)29-12-2-1-9-25/h3-8,15-16,23,26H,1-2,10-14,17-18H2. The van der Waals surface area contributed by atoms with Crippen molar-refractivity contribution in [2.24, 2.45) is 0 Å². The maximum atomic E-state index is 13.8. The number of hydrogen-bond donors (Lipinski definition) is 1. The van der Waals surface area contributed by atoms with E-state index in [0.29, 0.717) is 32.8 Å². The molecule has 6 heteroatoms. The number of morpholine rings is 1. The molecule has 1 aliphatic heterocycles. The van der Waals surface area contributed by atoms with Crippen molar-refractivity contribution < 1.29 is 13.9 Å². The predicted octanol–water partition coefficient (Wildman–Crippen LogP) is 3.67. The van der Waals surface area contributed by atoms with Crippen LogP contribution >= 0.6 is 0 Å². The zero-order valence-electron chi connectivity index (χ0n) is 16.6. The minimum Gasteiger partial charge on any atom is -0.494 e. The van der Waals surface area contributed by atoms with Gasteiger partial charge in [0.1, 0.15) is 11.6 Å². The van der Waals surface area contributed by atoms with E-state index in [1.165, 1.54) is 6.07 Å². The summed E-state index contributed by atoms with van der Waals surface area (Å²) >= 11 is 0. The lowest BCUT2D eigenvalue weighted by Crippen LogP contribution is -2.42. The molecule has 3 rings (SSSR count). The van der Waals surface area contributed by atoms with Crippen LogP contribution in [0.1, 0.15) is 30.0 Å². The normalized spacial score (nSPS) is 15.6. The molecule has 2 aromatic carbocycles. The molecule has 0 aliphatic carbocycles. The first-order valence-corrected chi connectivity index (χ1v) is 10.1. The lowest BCUT2D eigenvalue weighted by Gasteiger charge is -2.35. The Balaban J connectivity index is 1.57. The van der Waals surface area contributed by atoms with E-state index in [4.69, 9.17) is 14.7 Å². The largest absolute Gasteiger partial charge is 0.494 e. The van der Waals surface area contributed by atoms with Crippen LogP contribution in [-0.2, 0) is 11.3 Å². The van der Waals surface area contributed by atoms with Crippen molar-refractivity contribution in [1.29, 1.82) is 5.26 Å². The van der Waals surface area contributed by atoms with Crippen molar-refractivity contribution in [3.63, 3.8) is 0 Å². The van der Waals surface area contributed by atoms with Gasteiger partial charge in [-0.15, -0.1) is 0 Å². The van der Waals surface area contributed by atoms with E-state index in [-0.39, 0.29) is 11.9 Å². The molecule has 0 radical (unpaired) electrons. The van der Waals surface area contributed by atoms with Crippen LogP contribution in [0, 0.1) is 17.1 Å². The highest BCUT2D eigenvalue weighted by atomic mass is 19.1. The van der Waals surface area contributed by atoms with Crippen LogP contribution in [-0.4, -0.2) is 44.4 Å². The number of unbranched alkanes of at least 4 members (excludes halogenated alkanes) is 1. The molecule has 0 bridgehead atoms. The fraction of sp³-hybridized carbons (Fsp3) is 0.435. The number of rotatable bonds is 10. The van der Waals surface area contributed by atoms with Gasteiger partial charge in [-0.3, -0.25) is 4.90 Å². The van der Waals surface area contributed by atoms with E-state index in [1.807, 2.05) is 24.3 Å². The summed E-state index contributed by atoms with van der Waals surface area (Å²) in [7, 11) is 0. The third kappa shape index (κ3) is 6.82. The molecule has 0 aromatic heterocycles. The molecule has 1 aliphatic rings. The average molecular weight is 397 g/mol. The fourth-order valence-corrected chi connectivity index (χ4v) is 3.50. The molecule has 154 valence electrons. The molecular formula is C23H28FN3O2. The zero-order valence-corrected chi connectivity index (χ0v) is 16.6. The van der Waals surface area contributed by atoms with Crippen molar-refractivity contribution in [2.75, 3.05) is 39.5 Å². The Bertz CT molecular complexity index is 803. The number of hydrogen-bond acceptors (Lipinski definition) is 5. The molecule has 29 heavy (non-hydrogen) atoms. The van der Waals surface area contributed by atoms with Gasteiger partial charge in [0.05, 0.1) is 25.9 Å². The van der Waals surface area contributed by atoms with Gasteiger partial charge in [-0.05, 0) is 41.8 Å². The summed E-state index contributed by atoms with van der Waals surface area (Å²) in [6.45, 7) is 5.06. The number of ether oxygens (including phenoxy) is 2. The molecule has 1 atom stereocenters. The Hall–Kier alpha value is -2.46. The van der Waals surface area contributed by atoms with E-state index < -0.39 is 0 Å². The SMILES string of the molecule is N#CCCCOc1cccc(CNCC(c2cccc(F)c2)N2CCOCC2)c1. The topological polar surface area (TPSA) is 57.5 Å². The quantitative estimate of drug-likeness (QED) is 0.620. The van der Waals surface area contributed by atoms with Gasteiger partial charge in [0.25, 0.3) is 0 Å². The van der Waals surface area contributed by atoms with Gasteiger partial charge in [-0.2, -0.15) is 5.26 Å². The number of benzene rings is 2. The highest BCUT2D eigenvalue weighted by Crippen LogP contribution is 2.22. The average Bonchev–Trinajstić information content (AvgIpc) is 2.75. The molecule has 5 nitrogen and oxygen atoms in total. The second kappa shape index (κ2) is 11.5. The molecule has 1 fully saturated rings. The summed E-state index contributed by atoms with van der Waals surface area (Å²) in [5.41, 5.74) is 2.11. The molecule has 0 saturated carbocycles. The lowest BCUT2D eigenvalue weighted by atomic mass is 10.0. The zero-order chi connectivity index (χ0) is 20.3. The summed E-state index contributed by atoms with van der Waals surface area (Å²) < 4.78 is 25.0. The number of nitrogens with one attached hydrogen (secondary N) is 1. The van der Waals surface area contributed by atoms with E-state index in [1.54, 1.807) is 12.1 Å². The van der Waals surface area contributed by atoms with E-state index in [0.717, 1.165) is 42.9 Å². The maximum absolute atomic E-state index is 13.8. The summed E-state index contributed by atoms with van der Waals surface area (Å²) in [6, 6.07) is 17.1. The first-order valence-electron chi connectivity index (χ1n) is 10.1. The molecule has 1 saturated heterocycles. The van der Waals surface area contributed by atoms with Crippen molar-refractivity contribution in [1.82, 2.24) is 10.2 Å². The third-order valence-electron chi connectivity index (χ3n) is 4.99. The summed E-state index contributed by atoms with van der Waals surface area (Å²) in [6.07, 6.45) is 1.23. The lowest BCUT2D eigenvalue weighted by molar-refractivity contribution is 0.0160. The number of halogens is 1. The van der Waals surface area contributed by atoms with Crippen LogP contribution in [0.3, 0.4) is 0 Å². The minimum absolute atomic E-state index is 0.0972. The molecule has 1 heterocycles. The summed E-state index contributed by atoms with van der Waals surface area (Å²) in [4.78, 5) is 2.35. The Morgan fingerprint density at radius 1 is 1.17 bits per heavy atom. The first kappa shape index (κ1) is 21.3. The monoisotopic (exact) mass is 397 g/mol. The van der Waals surface area contributed by atoms with Crippen molar-refractivity contribution in [3.8, 4) is 11.8 Å².